The minimum absolute atomic E-state index is 0.309. The first kappa shape index (κ1) is 16.3. The van der Waals surface area contributed by atoms with E-state index in [4.69, 9.17) is 5.73 Å². The van der Waals surface area contributed by atoms with Crippen molar-refractivity contribution < 1.29 is 8.42 Å². The summed E-state index contributed by atoms with van der Waals surface area (Å²) >= 11 is 0. The van der Waals surface area contributed by atoms with Crippen LogP contribution in [0.2, 0.25) is 0 Å². The standard InChI is InChI=1S/C15H25N3O2S/c1-3-10-17-21(19,20)14-8-6-13(7-9-14)18(2)15(11-16)12-4-5-12/h6-9,12,15,17H,3-5,10-11,16H2,1-2H3. The number of sulfonamides is 1. The van der Waals surface area contributed by atoms with Gasteiger partial charge in [-0.3, -0.25) is 0 Å². The normalized spacial score (nSPS) is 16.7. The second-order valence-electron chi connectivity index (χ2n) is 5.64. The fraction of sp³-hybridized carbons (Fsp3) is 0.600. The van der Waals surface area contributed by atoms with Gasteiger partial charge in [-0.15, -0.1) is 0 Å². The molecular formula is C15H25N3O2S. The highest BCUT2D eigenvalue weighted by Crippen LogP contribution is 2.36. The Balaban J connectivity index is 2.11. The second kappa shape index (κ2) is 6.77. The Labute approximate surface area is 127 Å². The Morgan fingerprint density at radius 2 is 1.95 bits per heavy atom. The number of nitrogens with one attached hydrogen (secondary N) is 1. The maximum Gasteiger partial charge on any atom is 0.240 e. The second-order valence-corrected chi connectivity index (χ2v) is 7.41. The lowest BCUT2D eigenvalue weighted by molar-refractivity contribution is 0.570. The van der Waals surface area contributed by atoms with E-state index in [0.29, 0.717) is 29.9 Å². The van der Waals surface area contributed by atoms with Crippen LogP contribution in [0.15, 0.2) is 29.2 Å². The van der Waals surface area contributed by atoms with E-state index in [-0.39, 0.29) is 0 Å². The molecule has 3 N–H and O–H groups in total. The summed E-state index contributed by atoms with van der Waals surface area (Å²) in [4.78, 5) is 2.47. The molecule has 21 heavy (non-hydrogen) atoms. The first-order valence-corrected chi connectivity index (χ1v) is 9.00. The Kier molecular flexibility index (Phi) is 5.24. The van der Waals surface area contributed by atoms with Gasteiger partial charge in [-0.2, -0.15) is 0 Å². The zero-order valence-electron chi connectivity index (χ0n) is 12.7. The van der Waals surface area contributed by atoms with Gasteiger partial charge in [0.1, 0.15) is 0 Å². The largest absolute Gasteiger partial charge is 0.370 e. The predicted molar refractivity (Wildman–Crippen MR) is 85.9 cm³/mol. The number of nitrogens with two attached hydrogens (primary N) is 1. The minimum Gasteiger partial charge on any atom is -0.370 e. The first-order chi connectivity index (χ1) is 9.99. The SMILES string of the molecule is CCCNS(=O)(=O)c1ccc(N(C)C(CN)C2CC2)cc1. The Morgan fingerprint density at radius 3 is 2.43 bits per heavy atom. The van der Waals surface area contributed by atoms with Gasteiger partial charge in [-0.05, 0) is 49.4 Å². The Morgan fingerprint density at radius 1 is 1.33 bits per heavy atom. The predicted octanol–water partition coefficient (Wildman–Crippen LogP) is 1.55. The molecule has 1 aromatic carbocycles. The average Bonchev–Trinajstić information content (AvgIpc) is 3.31. The molecule has 0 amide bonds. The molecule has 1 fully saturated rings. The van der Waals surface area contributed by atoms with Gasteiger partial charge in [-0.25, -0.2) is 13.1 Å². The van der Waals surface area contributed by atoms with Crippen LogP contribution in [-0.2, 0) is 10.0 Å². The van der Waals surface area contributed by atoms with Crippen LogP contribution in [0.1, 0.15) is 26.2 Å². The van der Waals surface area contributed by atoms with Crippen LogP contribution in [0, 0.1) is 5.92 Å². The molecule has 118 valence electrons. The van der Waals surface area contributed by atoms with E-state index in [1.54, 1.807) is 12.1 Å². The van der Waals surface area contributed by atoms with E-state index < -0.39 is 10.0 Å². The molecule has 2 rings (SSSR count). The van der Waals surface area contributed by atoms with E-state index in [2.05, 4.69) is 9.62 Å². The van der Waals surface area contributed by atoms with Crippen LogP contribution >= 0.6 is 0 Å². The smallest absolute Gasteiger partial charge is 0.240 e. The van der Waals surface area contributed by atoms with Crippen LogP contribution in [0.3, 0.4) is 0 Å². The van der Waals surface area contributed by atoms with Gasteiger partial charge in [0.15, 0.2) is 0 Å². The lowest BCUT2D eigenvalue weighted by atomic mass is 10.1. The average molecular weight is 311 g/mol. The summed E-state index contributed by atoms with van der Waals surface area (Å²) in [7, 11) is -1.37. The summed E-state index contributed by atoms with van der Waals surface area (Å²) < 4.78 is 26.6. The van der Waals surface area contributed by atoms with E-state index in [0.717, 1.165) is 12.1 Å². The van der Waals surface area contributed by atoms with Crippen molar-refractivity contribution in [2.45, 2.75) is 37.1 Å². The number of benzene rings is 1. The molecule has 0 heterocycles. The van der Waals surface area contributed by atoms with Crippen molar-refractivity contribution in [1.82, 2.24) is 4.72 Å². The minimum atomic E-state index is -3.39. The lowest BCUT2D eigenvalue weighted by Gasteiger charge is -2.29. The highest BCUT2D eigenvalue weighted by molar-refractivity contribution is 7.89. The van der Waals surface area contributed by atoms with Crippen molar-refractivity contribution in [1.29, 1.82) is 0 Å². The highest BCUT2D eigenvalue weighted by atomic mass is 32.2. The molecule has 0 bridgehead atoms. The van der Waals surface area contributed by atoms with Gasteiger partial charge in [0.05, 0.1) is 4.90 Å². The van der Waals surface area contributed by atoms with E-state index >= 15 is 0 Å². The van der Waals surface area contributed by atoms with Crippen LogP contribution < -0.4 is 15.4 Å². The van der Waals surface area contributed by atoms with Crippen molar-refractivity contribution in [2.75, 3.05) is 25.0 Å². The molecule has 0 aromatic heterocycles. The van der Waals surface area contributed by atoms with Crippen LogP contribution in [0.25, 0.3) is 0 Å². The third-order valence-corrected chi connectivity index (χ3v) is 5.48. The van der Waals surface area contributed by atoms with E-state index in [9.17, 15) is 8.42 Å². The molecule has 0 aliphatic heterocycles. The summed E-state index contributed by atoms with van der Waals surface area (Å²) in [5, 5.41) is 0. The molecular weight excluding hydrogens is 286 g/mol. The van der Waals surface area contributed by atoms with Crippen molar-refractivity contribution in [3.05, 3.63) is 24.3 Å². The number of nitrogens with zero attached hydrogens (tertiary/aromatic N) is 1. The maximum absolute atomic E-state index is 12.0. The molecule has 5 nitrogen and oxygen atoms in total. The van der Waals surface area contributed by atoms with Crippen molar-refractivity contribution >= 4 is 15.7 Å². The molecule has 0 spiro atoms. The van der Waals surface area contributed by atoms with Gasteiger partial charge >= 0.3 is 0 Å². The molecule has 0 radical (unpaired) electrons. The Hall–Kier alpha value is -1.11. The van der Waals surface area contributed by atoms with Crippen molar-refractivity contribution in [3.8, 4) is 0 Å². The zero-order chi connectivity index (χ0) is 15.5. The maximum atomic E-state index is 12.0. The third-order valence-electron chi connectivity index (χ3n) is 4.00. The molecule has 0 saturated heterocycles. The number of anilines is 1. The fourth-order valence-corrected chi connectivity index (χ4v) is 3.65. The summed E-state index contributed by atoms with van der Waals surface area (Å²) in [5.41, 5.74) is 6.86. The summed E-state index contributed by atoms with van der Waals surface area (Å²) in [5.74, 6) is 0.676. The fourth-order valence-electron chi connectivity index (χ4n) is 2.52. The summed E-state index contributed by atoms with van der Waals surface area (Å²) in [6, 6.07) is 7.36. The van der Waals surface area contributed by atoms with Crippen LogP contribution in [0.5, 0.6) is 0 Å². The molecule has 1 unspecified atom stereocenters. The first-order valence-electron chi connectivity index (χ1n) is 7.52. The topological polar surface area (TPSA) is 75.4 Å². The molecule has 1 aliphatic carbocycles. The molecule has 1 atom stereocenters. The van der Waals surface area contributed by atoms with E-state index in [1.807, 2.05) is 26.1 Å². The monoisotopic (exact) mass is 311 g/mol. The summed E-state index contributed by atoms with van der Waals surface area (Å²) in [6.45, 7) is 3.02. The number of hydrogen-bond donors (Lipinski definition) is 2. The number of hydrogen-bond acceptors (Lipinski definition) is 4. The van der Waals surface area contributed by atoms with Crippen molar-refractivity contribution in [2.24, 2.45) is 11.7 Å². The van der Waals surface area contributed by atoms with Gasteiger partial charge < -0.3 is 10.6 Å². The molecule has 6 heteroatoms. The number of rotatable bonds is 8. The van der Waals surface area contributed by atoms with Crippen LogP contribution in [-0.4, -0.2) is 34.6 Å². The molecule has 1 saturated carbocycles. The number of likely N-dealkylation sites (N-methyl/N-ethyl adjacent to an activating group) is 1. The highest BCUT2D eigenvalue weighted by Gasteiger charge is 2.33. The van der Waals surface area contributed by atoms with Gasteiger partial charge in [-0.1, -0.05) is 6.92 Å². The van der Waals surface area contributed by atoms with Gasteiger partial charge in [0.25, 0.3) is 0 Å². The van der Waals surface area contributed by atoms with E-state index in [1.165, 1.54) is 12.8 Å². The van der Waals surface area contributed by atoms with Gasteiger partial charge in [0.2, 0.25) is 10.0 Å². The van der Waals surface area contributed by atoms with Crippen LogP contribution in [0.4, 0.5) is 5.69 Å². The molecule has 1 aliphatic rings. The lowest BCUT2D eigenvalue weighted by Crippen LogP contribution is -2.39. The quantitative estimate of drug-likeness (QED) is 0.764. The molecule has 1 aromatic rings. The zero-order valence-corrected chi connectivity index (χ0v) is 13.6. The van der Waals surface area contributed by atoms with Crippen molar-refractivity contribution in [3.63, 3.8) is 0 Å². The Bertz CT molecular complexity index is 553. The third kappa shape index (κ3) is 3.96. The summed E-state index contributed by atoms with van der Waals surface area (Å²) in [6.07, 6.45) is 3.25. The van der Waals surface area contributed by atoms with Gasteiger partial charge in [0, 0.05) is 31.9 Å².